The highest BCUT2D eigenvalue weighted by Gasteiger charge is 2.39. The van der Waals surface area contributed by atoms with Gasteiger partial charge in [0.05, 0.1) is 16.9 Å². The topological polar surface area (TPSA) is 212 Å². The number of anilines is 3. The Kier molecular flexibility index (Phi) is 15.5. The lowest BCUT2D eigenvalue weighted by molar-refractivity contribution is -0.193. The molecule has 1 saturated carbocycles. The summed E-state index contributed by atoms with van der Waals surface area (Å²) in [6.45, 7) is 2.53. The number of ether oxygens (including phenoxy) is 1. The van der Waals surface area contributed by atoms with Crippen LogP contribution in [-0.2, 0) is 25.6 Å². The Morgan fingerprint density at radius 1 is 0.965 bits per heavy atom. The Balaban J connectivity index is 0.000000440. The number of halogens is 7. The first-order chi connectivity index (χ1) is 26.9. The molecule has 0 bridgehead atoms. The minimum absolute atomic E-state index is 0.0156. The van der Waals surface area contributed by atoms with Gasteiger partial charge in [-0.3, -0.25) is 9.59 Å². The van der Waals surface area contributed by atoms with Crippen molar-refractivity contribution < 1.29 is 60.5 Å². The van der Waals surface area contributed by atoms with Crippen LogP contribution in [0.5, 0.6) is 5.75 Å². The second-order valence-corrected chi connectivity index (χ2v) is 13.3. The van der Waals surface area contributed by atoms with E-state index >= 15 is 0 Å². The fourth-order valence-electron chi connectivity index (χ4n) is 5.97. The van der Waals surface area contributed by atoms with E-state index in [9.17, 15) is 35.9 Å². The summed E-state index contributed by atoms with van der Waals surface area (Å²) in [5, 5.41) is 24.4. The summed E-state index contributed by atoms with van der Waals surface area (Å²) in [4.78, 5) is 61.4. The number of fused-ring (bicyclic) bond motifs is 1. The molecule has 3 aromatic rings. The number of amides is 2. The number of piperidine rings is 1. The standard InChI is InChI=1S/C31H37ClN8O3.2C2HF3O2/c32-26-16-22(5-6-27(26)43-24-9-13-40(14-10-24)31(42)20-3-1-2-4-20)39-29-25-15-21(7-11-34-28(25)37-19-38-29)30(41)35-12-8-23-17-33-18-36-23;2*3-2(4,5)1(6)7/h5-6,15-20,24H,1-4,7-14H2,(H,33,36)(H,35,41)(H2,34,37,38,39);2*(H,6,7). The zero-order valence-electron chi connectivity index (χ0n) is 30.1. The lowest BCUT2D eigenvalue weighted by Gasteiger charge is -2.33. The average molecular weight is 833 g/mol. The molecule has 15 nitrogen and oxygen atoms in total. The molecule has 1 saturated heterocycles. The molecule has 6 N–H and O–H groups in total. The molecule has 0 spiro atoms. The maximum atomic E-state index is 13.0. The van der Waals surface area contributed by atoms with Crippen molar-refractivity contribution in [1.82, 2.24) is 30.2 Å². The fourth-order valence-corrected chi connectivity index (χ4v) is 6.20. The Morgan fingerprint density at radius 2 is 1.61 bits per heavy atom. The highest BCUT2D eigenvalue weighted by molar-refractivity contribution is 6.32. The number of carboxylic acid groups (broad SMARTS) is 2. The predicted octanol–water partition coefficient (Wildman–Crippen LogP) is 5.98. The first-order valence-electron chi connectivity index (χ1n) is 17.6. The number of aliphatic carboxylic acids is 2. The summed E-state index contributed by atoms with van der Waals surface area (Å²) in [6, 6.07) is 5.56. The van der Waals surface area contributed by atoms with Crippen LogP contribution in [0.4, 0.5) is 43.7 Å². The molecule has 1 aromatic carbocycles. The van der Waals surface area contributed by atoms with Crippen molar-refractivity contribution in [2.75, 3.05) is 36.8 Å². The number of nitrogens with one attached hydrogen (secondary N) is 4. The molecule has 2 aliphatic heterocycles. The number of hydrogen-bond donors (Lipinski definition) is 6. The smallest absolute Gasteiger partial charge is 0.489 e. The average Bonchev–Trinajstić information content (AvgIpc) is 3.84. The van der Waals surface area contributed by atoms with Gasteiger partial charge < -0.3 is 40.8 Å². The molecule has 310 valence electrons. The van der Waals surface area contributed by atoms with Crippen molar-refractivity contribution in [2.24, 2.45) is 5.92 Å². The second kappa shape index (κ2) is 20.0. The molecule has 3 aliphatic rings. The number of aromatic nitrogens is 4. The van der Waals surface area contributed by atoms with E-state index in [1.54, 1.807) is 18.6 Å². The van der Waals surface area contributed by atoms with Gasteiger partial charge in [-0.2, -0.15) is 26.3 Å². The van der Waals surface area contributed by atoms with Crippen molar-refractivity contribution in [3.05, 3.63) is 58.9 Å². The molecule has 2 fully saturated rings. The molecule has 0 unspecified atom stereocenters. The van der Waals surface area contributed by atoms with Crippen LogP contribution < -0.4 is 20.7 Å². The van der Waals surface area contributed by atoms with Crippen LogP contribution in [0.2, 0.25) is 5.02 Å². The van der Waals surface area contributed by atoms with Gasteiger partial charge in [-0.05, 0) is 43.5 Å². The molecule has 4 heterocycles. The third-order valence-corrected chi connectivity index (χ3v) is 9.14. The number of benzene rings is 1. The van der Waals surface area contributed by atoms with Gasteiger partial charge in [0.1, 0.15) is 29.8 Å². The lowest BCUT2D eigenvalue weighted by Crippen LogP contribution is -2.44. The Labute approximate surface area is 326 Å². The van der Waals surface area contributed by atoms with Crippen molar-refractivity contribution in [3.8, 4) is 5.75 Å². The molecule has 22 heteroatoms. The van der Waals surface area contributed by atoms with Crippen LogP contribution in [-0.4, -0.2) is 103 Å². The van der Waals surface area contributed by atoms with E-state index in [2.05, 4.69) is 35.9 Å². The van der Waals surface area contributed by atoms with Gasteiger partial charge in [-0.15, -0.1) is 0 Å². The van der Waals surface area contributed by atoms with Crippen LogP contribution in [0.25, 0.3) is 6.08 Å². The fraction of sp³-hybridized carbons (Fsp3) is 0.457. The van der Waals surface area contributed by atoms with Crippen LogP contribution >= 0.6 is 11.6 Å². The monoisotopic (exact) mass is 832 g/mol. The number of carboxylic acids is 2. The number of carbonyl (C=O) groups excluding carboxylic acids is 2. The van der Waals surface area contributed by atoms with Gasteiger partial charge in [-0.1, -0.05) is 24.4 Å². The number of alkyl halides is 6. The Morgan fingerprint density at radius 3 is 2.19 bits per heavy atom. The normalized spacial score (nSPS) is 15.9. The molecule has 1 aliphatic carbocycles. The summed E-state index contributed by atoms with van der Waals surface area (Å²) in [5.41, 5.74) is 3.05. The van der Waals surface area contributed by atoms with E-state index in [0.717, 1.165) is 50.2 Å². The summed E-state index contributed by atoms with van der Waals surface area (Å²) < 4.78 is 69.7. The number of H-pyrrole nitrogens is 1. The number of imidazole rings is 1. The quantitative estimate of drug-likeness (QED) is 0.138. The van der Waals surface area contributed by atoms with Gasteiger partial charge in [0.2, 0.25) is 11.8 Å². The second-order valence-electron chi connectivity index (χ2n) is 12.9. The van der Waals surface area contributed by atoms with Crippen LogP contribution in [0.15, 0.2) is 42.6 Å². The molecule has 57 heavy (non-hydrogen) atoms. The summed E-state index contributed by atoms with van der Waals surface area (Å²) in [7, 11) is 0. The van der Waals surface area contributed by atoms with Gasteiger partial charge in [-0.25, -0.2) is 24.5 Å². The van der Waals surface area contributed by atoms with Crippen molar-refractivity contribution >= 4 is 58.8 Å². The summed E-state index contributed by atoms with van der Waals surface area (Å²) in [6.07, 6.45) is 3.75. The van der Waals surface area contributed by atoms with E-state index in [4.69, 9.17) is 36.1 Å². The zero-order chi connectivity index (χ0) is 41.8. The minimum Gasteiger partial charge on any atom is -0.489 e. The maximum Gasteiger partial charge on any atom is 0.490 e. The third-order valence-electron chi connectivity index (χ3n) is 8.85. The molecule has 2 amide bonds. The third kappa shape index (κ3) is 13.5. The molecule has 2 aromatic heterocycles. The first-order valence-corrected chi connectivity index (χ1v) is 18.0. The number of likely N-dealkylation sites (tertiary alicyclic amines) is 1. The van der Waals surface area contributed by atoms with Gasteiger partial charge in [0.15, 0.2) is 0 Å². The van der Waals surface area contributed by atoms with Crippen LogP contribution in [0, 0.1) is 5.92 Å². The summed E-state index contributed by atoms with van der Waals surface area (Å²) in [5.74, 6) is -3.28. The molecular weight excluding hydrogens is 794 g/mol. The van der Waals surface area contributed by atoms with Crippen molar-refractivity contribution in [2.45, 2.75) is 69.8 Å². The van der Waals surface area contributed by atoms with E-state index in [0.29, 0.717) is 65.4 Å². The highest BCUT2D eigenvalue weighted by atomic mass is 35.5. The number of rotatable bonds is 9. The highest BCUT2D eigenvalue weighted by Crippen LogP contribution is 2.34. The van der Waals surface area contributed by atoms with Crippen molar-refractivity contribution in [3.63, 3.8) is 0 Å². The first kappa shape index (κ1) is 44.1. The largest absolute Gasteiger partial charge is 0.490 e. The van der Waals surface area contributed by atoms with Crippen LogP contribution in [0.3, 0.4) is 0 Å². The molecule has 6 rings (SSSR count). The van der Waals surface area contributed by atoms with E-state index < -0.39 is 24.3 Å². The van der Waals surface area contributed by atoms with E-state index in [1.807, 2.05) is 23.1 Å². The summed E-state index contributed by atoms with van der Waals surface area (Å²) >= 11 is 6.65. The SMILES string of the molecule is O=C(NCCc1cnc[nH]1)C1=Cc2c(ncnc2Nc2ccc(OC3CCN(C(=O)C4CCCC4)CC3)c(Cl)c2)NCC1.O=C(O)C(F)(F)F.O=C(O)C(F)(F)F. The maximum absolute atomic E-state index is 13.0. The number of hydrogen-bond acceptors (Lipinski definition) is 10. The zero-order valence-corrected chi connectivity index (χ0v) is 30.8. The molecule has 0 radical (unpaired) electrons. The molecule has 0 atom stereocenters. The number of carbonyl (C=O) groups is 4. The van der Waals surface area contributed by atoms with Gasteiger partial charge >= 0.3 is 24.3 Å². The number of aromatic amines is 1. The van der Waals surface area contributed by atoms with Crippen molar-refractivity contribution in [1.29, 1.82) is 0 Å². The lowest BCUT2D eigenvalue weighted by atomic mass is 10.0. The predicted molar refractivity (Wildman–Crippen MR) is 193 cm³/mol. The van der Waals surface area contributed by atoms with E-state index in [-0.39, 0.29) is 17.9 Å². The minimum atomic E-state index is -5.08. The van der Waals surface area contributed by atoms with E-state index in [1.165, 1.54) is 19.2 Å². The Hall–Kier alpha value is -5.60. The Bertz CT molecular complexity index is 1860. The van der Waals surface area contributed by atoms with Gasteiger partial charge in [0.25, 0.3) is 0 Å². The molecular formula is C35H39ClF6N8O7. The van der Waals surface area contributed by atoms with Crippen LogP contribution in [0.1, 0.15) is 56.2 Å². The van der Waals surface area contributed by atoms with Gasteiger partial charge in [0, 0.05) is 74.5 Å². The number of nitrogens with zero attached hydrogens (tertiary/aromatic N) is 4.